The molecule has 1 aliphatic carbocycles. The van der Waals surface area contributed by atoms with Gasteiger partial charge in [-0.1, -0.05) is 0 Å². The van der Waals surface area contributed by atoms with Crippen molar-refractivity contribution < 1.29 is 29.0 Å². The number of nitrogens with two attached hydrogens (primary N) is 1. The first-order valence-corrected chi connectivity index (χ1v) is 7.97. The topological polar surface area (TPSA) is 122 Å². The maximum atomic E-state index is 12.9. The molecule has 3 aliphatic heterocycles. The van der Waals surface area contributed by atoms with Crippen molar-refractivity contribution in [3.05, 3.63) is 22.6 Å². The summed E-state index contributed by atoms with van der Waals surface area (Å²) in [4.78, 5) is 40.4. The van der Waals surface area contributed by atoms with Crippen LogP contribution < -0.4 is 5.73 Å². The molecule has 0 saturated carbocycles. The fourth-order valence-corrected chi connectivity index (χ4v) is 4.60. The number of nitrogens with zero attached hydrogens (tertiary/aromatic N) is 2. The molecule has 3 heterocycles. The molecular formula is C16H19N3O6. The second kappa shape index (κ2) is 4.83. The van der Waals surface area contributed by atoms with Gasteiger partial charge >= 0.3 is 6.09 Å². The van der Waals surface area contributed by atoms with E-state index in [4.69, 9.17) is 15.2 Å². The van der Waals surface area contributed by atoms with Crippen molar-refractivity contribution >= 4 is 17.7 Å². The summed E-state index contributed by atoms with van der Waals surface area (Å²) in [6.45, 7) is 1.67. The number of allylic oxidation sites excluding steroid dienone is 2. The zero-order valence-electron chi connectivity index (χ0n) is 14.1. The highest BCUT2D eigenvalue weighted by atomic mass is 16.5. The minimum atomic E-state index is -1.49. The van der Waals surface area contributed by atoms with Gasteiger partial charge < -0.3 is 25.2 Å². The number of methoxy groups -OCH3 is 1. The van der Waals surface area contributed by atoms with E-state index < -0.39 is 23.5 Å². The number of Topliss-reactive ketones (excluding diaryl/α,β-unsaturated/α-hetero) is 2. The Morgan fingerprint density at radius 3 is 2.68 bits per heavy atom. The van der Waals surface area contributed by atoms with Crippen molar-refractivity contribution in [3.63, 3.8) is 0 Å². The van der Waals surface area contributed by atoms with Gasteiger partial charge in [0.25, 0.3) is 0 Å². The average molecular weight is 349 g/mol. The smallest absolute Gasteiger partial charge is 0.404 e. The highest BCUT2D eigenvalue weighted by Gasteiger charge is 2.74. The van der Waals surface area contributed by atoms with Gasteiger partial charge in [-0.3, -0.25) is 14.5 Å². The standard InChI is InChI=1S/C16H19N3O6/c1-6-11(20)10-9(12(21)13(6)24-3)7(5-25-15(17)22)16(23)14-8(18(14)2)4-19(10)16/h7-8,14,23H,4-5H2,1-3H3,(H2,17,22)/t7-,8?,14?,16+,18?/m0/s1. The maximum Gasteiger partial charge on any atom is 0.404 e. The lowest BCUT2D eigenvalue weighted by Crippen LogP contribution is -2.53. The normalized spacial score (nSPS) is 38.6. The van der Waals surface area contributed by atoms with E-state index in [1.165, 1.54) is 14.0 Å². The van der Waals surface area contributed by atoms with Gasteiger partial charge in [-0.15, -0.1) is 0 Å². The molecule has 2 fully saturated rings. The molecule has 0 aromatic carbocycles. The van der Waals surface area contributed by atoms with Crippen LogP contribution >= 0.6 is 0 Å². The highest BCUT2D eigenvalue weighted by Crippen LogP contribution is 2.57. The summed E-state index contributed by atoms with van der Waals surface area (Å²) >= 11 is 0. The van der Waals surface area contributed by atoms with E-state index in [0.29, 0.717) is 6.54 Å². The number of rotatable bonds is 3. The fourth-order valence-electron chi connectivity index (χ4n) is 4.60. The molecule has 9 heteroatoms. The van der Waals surface area contributed by atoms with E-state index in [9.17, 15) is 19.5 Å². The lowest BCUT2D eigenvalue weighted by Gasteiger charge is -2.37. The van der Waals surface area contributed by atoms with E-state index in [-0.39, 0.29) is 47.1 Å². The second-order valence-corrected chi connectivity index (χ2v) is 6.83. The molecule has 3 unspecified atom stereocenters. The number of hydrogen-bond donors (Lipinski definition) is 2. The van der Waals surface area contributed by atoms with Crippen molar-refractivity contribution in [2.75, 3.05) is 27.3 Å². The largest absolute Gasteiger partial charge is 0.492 e. The molecule has 0 bridgehead atoms. The summed E-state index contributed by atoms with van der Waals surface area (Å²) in [6.07, 6.45) is -1.00. The van der Waals surface area contributed by atoms with Crippen LogP contribution in [-0.4, -0.2) is 77.7 Å². The first kappa shape index (κ1) is 16.1. The van der Waals surface area contributed by atoms with Crippen LogP contribution in [0.4, 0.5) is 4.79 Å². The van der Waals surface area contributed by atoms with Gasteiger partial charge in [0.1, 0.15) is 6.61 Å². The number of piperazine rings is 1. The Morgan fingerprint density at radius 2 is 2.08 bits per heavy atom. The number of ether oxygens (including phenoxy) is 2. The zero-order valence-corrected chi connectivity index (χ0v) is 14.1. The van der Waals surface area contributed by atoms with E-state index in [2.05, 4.69) is 0 Å². The van der Waals surface area contributed by atoms with Crippen molar-refractivity contribution in [1.82, 2.24) is 9.80 Å². The number of likely N-dealkylation sites (N-methyl/N-ethyl adjacent to an activating group) is 1. The zero-order chi connectivity index (χ0) is 18.3. The van der Waals surface area contributed by atoms with Crippen molar-refractivity contribution in [2.24, 2.45) is 11.7 Å². The van der Waals surface area contributed by atoms with Gasteiger partial charge in [-0.2, -0.15) is 0 Å². The first-order chi connectivity index (χ1) is 11.7. The predicted molar refractivity (Wildman–Crippen MR) is 82.8 cm³/mol. The molecule has 25 heavy (non-hydrogen) atoms. The fraction of sp³-hybridized carbons (Fsp3) is 0.562. The summed E-state index contributed by atoms with van der Waals surface area (Å²) in [5.74, 6) is -1.73. The molecule has 1 amide bonds. The Labute approximate surface area is 143 Å². The third-order valence-electron chi connectivity index (χ3n) is 5.80. The van der Waals surface area contributed by atoms with E-state index >= 15 is 0 Å². The van der Waals surface area contributed by atoms with Crippen molar-refractivity contribution in [3.8, 4) is 0 Å². The Morgan fingerprint density at radius 1 is 1.40 bits per heavy atom. The summed E-state index contributed by atoms with van der Waals surface area (Å²) in [5, 5.41) is 11.4. The molecule has 0 aromatic heterocycles. The Bertz CT molecular complexity index is 787. The number of primary amides is 1. The van der Waals surface area contributed by atoms with Crippen LogP contribution in [-0.2, 0) is 19.1 Å². The Hall–Kier alpha value is -2.39. The highest BCUT2D eigenvalue weighted by molar-refractivity contribution is 6.25. The van der Waals surface area contributed by atoms with Crippen molar-refractivity contribution in [2.45, 2.75) is 24.7 Å². The molecule has 5 atom stereocenters. The van der Waals surface area contributed by atoms with Crippen LogP contribution in [0.3, 0.4) is 0 Å². The lowest BCUT2D eigenvalue weighted by molar-refractivity contribution is -0.126. The maximum absolute atomic E-state index is 12.9. The van der Waals surface area contributed by atoms with Crippen LogP contribution in [0, 0.1) is 5.92 Å². The lowest BCUT2D eigenvalue weighted by atomic mass is 9.83. The number of aliphatic hydroxyl groups is 1. The molecule has 2 saturated heterocycles. The van der Waals surface area contributed by atoms with Crippen LogP contribution in [0.2, 0.25) is 0 Å². The van der Waals surface area contributed by atoms with Gasteiger partial charge in [0.2, 0.25) is 11.6 Å². The first-order valence-electron chi connectivity index (χ1n) is 7.97. The SMILES string of the molecule is COC1=C(C)C(=O)C2=C(C1=O)[C@H](COC(N)=O)[C@@]1(O)C3C(CN21)N3C. The third-order valence-corrected chi connectivity index (χ3v) is 5.80. The summed E-state index contributed by atoms with van der Waals surface area (Å²) in [6, 6.07) is -0.155. The monoisotopic (exact) mass is 349 g/mol. The number of hydrogen-bond acceptors (Lipinski definition) is 8. The van der Waals surface area contributed by atoms with Gasteiger partial charge in [-0.25, -0.2) is 4.79 Å². The molecule has 0 radical (unpaired) electrons. The molecule has 3 N–H and O–H groups in total. The molecule has 0 spiro atoms. The minimum absolute atomic E-state index is 0.0432. The van der Waals surface area contributed by atoms with E-state index in [1.54, 1.807) is 4.90 Å². The van der Waals surface area contributed by atoms with E-state index in [0.717, 1.165) is 0 Å². The number of ketones is 2. The van der Waals surface area contributed by atoms with Crippen molar-refractivity contribution in [1.29, 1.82) is 0 Å². The van der Waals surface area contributed by atoms with Gasteiger partial charge in [0.05, 0.1) is 24.8 Å². The van der Waals surface area contributed by atoms with Crippen LogP contribution in [0.1, 0.15) is 6.92 Å². The quantitative estimate of drug-likeness (QED) is 0.477. The Kier molecular flexibility index (Phi) is 3.11. The molecule has 4 rings (SSSR count). The number of carbonyl (C=O) groups excluding carboxylic acids is 3. The summed E-state index contributed by atoms with van der Waals surface area (Å²) in [7, 11) is 3.18. The molecular weight excluding hydrogens is 330 g/mol. The van der Waals surface area contributed by atoms with E-state index in [1.807, 2.05) is 11.9 Å². The Balaban J connectivity index is 1.82. The van der Waals surface area contributed by atoms with Gasteiger partial charge in [-0.05, 0) is 14.0 Å². The summed E-state index contributed by atoms with van der Waals surface area (Å²) < 4.78 is 10.0. The van der Waals surface area contributed by atoms with Crippen LogP contribution in [0.25, 0.3) is 0 Å². The molecule has 4 aliphatic rings. The predicted octanol–water partition coefficient (Wildman–Crippen LogP) is -1.28. The van der Waals surface area contributed by atoms with Crippen LogP contribution in [0.5, 0.6) is 0 Å². The molecule has 0 aromatic rings. The number of fused-ring (bicyclic) bond motifs is 4. The minimum Gasteiger partial charge on any atom is -0.492 e. The second-order valence-electron chi connectivity index (χ2n) is 6.83. The summed E-state index contributed by atoms with van der Waals surface area (Å²) in [5.41, 5.74) is 4.09. The van der Waals surface area contributed by atoms with Gasteiger partial charge in [0.15, 0.2) is 11.5 Å². The third kappa shape index (κ3) is 1.77. The number of carbonyl (C=O) groups is 3. The molecule has 134 valence electrons. The molecule has 9 nitrogen and oxygen atoms in total. The van der Waals surface area contributed by atoms with Gasteiger partial charge in [0, 0.05) is 23.7 Å². The van der Waals surface area contributed by atoms with Crippen LogP contribution in [0.15, 0.2) is 22.6 Å². The average Bonchev–Trinajstić information content (AvgIpc) is 2.96. The number of amides is 1.